The van der Waals surface area contributed by atoms with E-state index in [1.807, 2.05) is 0 Å². The average Bonchev–Trinajstić information content (AvgIpc) is 2.30. The van der Waals surface area contributed by atoms with Crippen molar-refractivity contribution < 1.29 is 22.7 Å². The third-order valence-corrected chi connectivity index (χ3v) is 2.36. The largest absolute Gasteiger partial charge is 0.573 e. The Bertz CT molecular complexity index is 424. The van der Waals surface area contributed by atoms with Gasteiger partial charge in [0.25, 0.3) is 0 Å². The molecule has 0 heterocycles. The average molecular weight is 313 g/mol. The molecule has 0 spiro atoms. The van der Waals surface area contributed by atoms with Gasteiger partial charge in [-0.15, -0.1) is 25.6 Å². The summed E-state index contributed by atoms with van der Waals surface area (Å²) in [6.07, 6.45) is -4.46. The molecule has 1 amide bonds. The molecule has 0 unspecified atom stereocenters. The molecule has 0 aliphatic rings. The Morgan fingerprint density at radius 2 is 1.85 bits per heavy atom. The van der Waals surface area contributed by atoms with Gasteiger partial charge in [0.2, 0.25) is 5.91 Å². The summed E-state index contributed by atoms with van der Waals surface area (Å²) < 4.78 is 39.6. The topological polar surface area (TPSA) is 55.6 Å². The molecular formula is C12H16ClF3N2O2. The summed E-state index contributed by atoms with van der Waals surface area (Å²) in [4.78, 5) is 12.9. The first-order chi connectivity index (χ1) is 8.81. The number of carbonyl (C=O) groups is 1. The Labute approximate surface area is 121 Å². The predicted octanol–water partition coefficient (Wildman–Crippen LogP) is 2.31. The molecule has 4 nitrogen and oxygen atoms in total. The fourth-order valence-corrected chi connectivity index (χ4v) is 1.47. The second-order valence-corrected chi connectivity index (χ2v) is 3.98. The number of amides is 1. The van der Waals surface area contributed by atoms with Crippen LogP contribution in [0.4, 0.5) is 13.2 Å². The minimum Gasteiger partial charge on any atom is -0.406 e. The van der Waals surface area contributed by atoms with E-state index in [0.717, 1.165) is 0 Å². The molecule has 0 radical (unpaired) electrons. The molecule has 0 bridgehead atoms. The van der Waals surface area contributed by atoms with Gasteiger partial charge in [-0.1, -0.05) is 12.1 Å². The molecular weight excluding hydrogens is 297 g/mol. The fraction of sp³-hybridized carbons (Fsp3) is 0.417. The highest BCUT2D eigenvalue weighted by Gasteiger charge is 2.30. The number of ether oxygens (including phenoxy) is 1. The van der Waals surface area contributed by atoms with E-state index in [2.05, 4.69) is 4.74 Å². The van der Waals surface area contributed by atoms with E-state index >= 15 is 0 Å². The van der Waals surface area contributed by atoms with E-state index < -0.39 is 6.36 Å². The van der Waals surface area contributed by atoms with Crippen molar-refractivity contribution in [1.29, 1.82) is 0 Å². The minimum absolute atomic E-state index is 0. The first-order valence-corrected chi connectivity index (χ1v) is 5.60. The van der Waals surface area contributed by atoms with Crippen LogP contribution in [-0.4, -0.2) is 30.8 Å². The number of rotatable bonds is 5. The van der Waals surface area contributed by atoms with Gasteiger partial charge in [-0.3, -0.25) is 4.79 Å². The number of carbonyl (C=O) groups excluding carboxylic acids is 1. The lowest BCUT2D eigenvalue weighted by Gasteiger charge is -2.17. The van der Waals surface area contributed by atoms with Gasteiger partial charge >= 0.3 is 6.36 Å². The van der Waals surface area contributed by atoms with Gasteiger partial charge in [0.05, 0.1) is 0 Å². The zero-order valence-corrected chi connectivity index (χ0v) is 11.6. The van der Waals surface area contributed by atoms with E-state index in [1.54, 1.807) is 7.05 Å². The molecule has 0 saturated carbocycles. The summed E-state index contributed by atoms with van der Waals surface area (Å²) >= 11 is 0. The second kappa shape index (κ2) is 7.96. The maximum Gasteiger partial charge on any atom is 0.573 e. The van der Waals surface area contributed by atoms with Gasteiger partial charge in [0.1, 0.15) is 5.75 Å². The molecule has 0 fully saturated rings. The van der Waals surface area contributed by atoms with E-state index in [0.29, 0.717) is 12.1 Å². The van der Waals surface area contributed by atoms with Gasteiger partial charge in [-0.25, -0.2) is 0 Å². The van der Waals surface area contributed by atoms with Crippen LogP contribution in [0.25, 0.3) is 0 Å². The third kappa shape index (κ3) is 6.63. The highest BCUT2D eigenvalue weighted by Crippen LogP contribution is 2.22. The molecule has 0 aliphatic heterocycles. The summed E-state index contributed by atoms with van der Waals surface area (Å²) in [6.45, 7) is 0.576. The Kier molecular flexibility index (Phi) is 7.38. The van der Waals surface area contributed by atoms with Crippen LogP contribution in [0.15, 0.2) is 24.3 Å². The van der Waals surface area contributed by atoms with Crippen LogP contribution in [0.1, 0.15) is 12.0 Å². The summed E-state index contributed by atoms with van der Waals surface area (Å²) in [5.74, 6) is -0.398. The SMILES string of the molecule is CN(Cc1ccc(OC(F)(F)F)cc1)C(=O)CCN.Cl. The lowest BCUT2D eigenvalue weighted by atomic mass is 10.2. The van der Waals surface area contributed by atoms with Crippen molar-refractivity contribution in [3.05, 3.63) is 29.8 Å². The van der Waals surface area contributed by atoms with Gasteiger partial charge in [-0.2, -0.15) is 0 Å². The summed E-state index contributed by atoms with van der Waals surface area (Å²) in [6, 6.07) is 5.38. The van der Waals surface area contributed by atoms with Crippen molar-refractivity contribution in [3.8, 4) is 5.75 Å². The molecule has 0 atom stereocenters. The van der Waals surface area contributed by atoms with Gasteiger partial charge in [0, 0.05) is 26.6 Å². The van der Waals surface area contributed by atoms with E-state index in [-0.39, 0.29) is 37.0 Å². The van der Waals surface area contributed by atoms with Crippen LogP contribution < -0.4 is 10.5 Å². The summed E-state index contributed by atoms with van der Waals surface area (Å²) in [5.41, 5.74) is 5.98. The van der Waals surface area contributed by atoms with E-state index in [4.69, 9.17) is 5.73 Å². The quantitative estimate of drug-likeness (QED) is 0.908. The number of nitrogens with zero attached hydrogens (tertiary/aromatic N) is 1. The Morgan fingerprint density at radius 3 is 2.30 bits per heavy atom. The summed E-state index contributed by atoms with van der Waals surface area (Å²) in [7, 11) is 1.61. The smallest absolute Gasteiger partial charge is 0.406 e. The van der Waals surface area contributed by atoms with Gasteiger partial charge < -0.3 is 15.4 Å². The number of benzene rings is 1. The lowest BCUT2D eigenvalue weighted by molar-refractivity contribution is -0.274. The number of halogens is 4. The fourth-order valence-electron chi connectivity index (χ4n) is 1.47. The van der Waals surface area contributed by atoms with Crippen LogP contribution in [0.3, 0.4) is 0 Å². The Morgan fingerprint density at radius 1 is 1.30 bits per heavy atom. The van der Waals surface area contributed by atoms with Crippen molar-refractivity contribution in [3.63, 3.8) is 0 Å². The highest BCUT2D eigenvalue weighted by atomic mass is 35.5. The zero-order valence-electron chi connectivity index (χ0n) is 10.8. The standard InChI is InChI=1S/C12H15F3N2O2.ClH/c1-17(11(18)6-7-16)8-9-2-4-10(5-3-9)19-12(13,14)15;/h2-5H,6-8,16H2,1H3;1H. The highest BCUT2D eigenvalue weighted by molar-refractivity contribution is 5.85. The number of alkyl halides is 3. The maximum atomic E-state index is 12.0. The second-order valence-electron chi connectivity index (χ2n) is 3.98. The molecule has 1 aromatic carbocycles. The van der Waals surface area contributed by atoms with Crippen LogP contribution >= 0.6 is 12.4 Å². The molecule has 20 heavy (non-hydrogen) atoms. The van der Waals surface area contributed by atoms with Crippen LogP contribution in [-0.2, 0) is 11.3 Å². The summed E-state index contributed by atoms with van der Waals surface area (Å²) in [5, 5.41) is 0. The maximum absolute atomic E-state index is 12.0. The number of hydrogen-bond acceptors (Lipinski definition) is 3. The zero-order chi connectivity index (χ0) is 14.5. The first kappa shape index (κ1) is 18.5. The monoisotopic (exact) mass is 312 g/mol. The Hall–Kier alpha value is -1.47. The molecule has 2 N–H and O–H groups in total. The molecule has 0 aliphatic carbocycles. The molecule has 0 aromatic heterocycles. The van der Waals surface area contributed by atoms with E-state index in [9.17, 15) is 18.0 Å². The van der Waals surface area contributed by atoms with Crippen LogP contribution in [0.2, 0.25) is 0 Å². The van der Waals surface area contributed by atoms with Crippen molar-refractivity contribution in [2.24, 2.45) is 5.73 Å². The number of hydrogen-bond donors (Lipinski definition) is 1. The normalized spacial score (nSPS) is 10.7. The van der Waals surface area contributed by atoms with Crippen LogP contribution in [0, 0.1) is 0 Å². The predicted molar refractivity (Wildman–Crippen MR) is 70.5 cm³/mol. The van der Waals surface area contributed by atoms with Crippen molar-refractivity contribution in [1.82, 2.24) is 4.90 Å². The Balaban J connectivity index is 0.00000361. The van der Waals surface area contributed by atoms with E-state index in [1.165, 1.54) is 29.2 Å². The van der Waals surface area contributed by atoms with Crippen molar-refractivity contribution in [2.45, 2.75) is 19.3 Å². The third-order valence-electron chi connectivity index (χ3n) is 2.36. The molecule has 1 rings (SSSR count). The number of nitrogens with two attached hydrogens (primary N) is 1. The minimum atomic E-state index is -4.70. The lowest BCUT2D eigenvalue weighted by Crippen LogP contribution is -2.27. The van der Waals surface area contributed by atoms with Crippen molar-refractivity contribution >= 4 is 18.3 Å². The van der Waals surface area contributed by atoms with Gasteiger partial charge in [0.15, 0.2) is 0 Å². The first-order valence-electron chi connectivity index (χ1n) is 5.60. The van der Waals surface area contributed by atoms with Gasteiger partial charge in [-0.05, 0) is 17.7 Å². The molecule has 0 saturated heterocycles. The van der Waals surface area contributed by atoms with Crippen LogP contribution in [0.5, 0.6) is 5.75 Å². The van der Waals surface area contributed by atoms with Crippen molar-refractivity contribution in [2.75, 3.05) is 13.6 Å². The molecule has 114 valence electrons. The molecule has 1 aromatic rings. The molecule has 8 heteroatoms.